The van der Waals surface area contributed by atoms with Crippen molar-refractivity contribution in [3.63, 3.8) is 0 Å². The molecule has 0 aliphatic heterocycles. The minimum absolute atomic E-state index is 0.0835. The van der Waals surface area contributed by atoms with Crippen LogP contribution in [-0.4, -0.2) is 23.9 Å². The van der Waals surface area contributed by atoms with Crippen LogP contribution in [0, 0.1) is 29.6 Å². The Balaban J connectivity index is 2.26. The zero-order valence-electron chi connectivity index (χ0n) is 15.0. The highest BCUT2D eigenvalue weighted by Gasteiger charge is 2.18. The summed E-state index contributed by atoms with van der Waals surface area (Å²) in [6.45, 7) is 7.05. The van der Waals surface area contributed by atoms with Crippen LogP contribution in [0.4, 0.5) is 0 Å². The Bertz CT molecular complexity index is 819. The Kier molecular flexibility index (Phi) is 6.19. The number of carbonyl (C=O) groups is 1. The number of fused-ring (bicyclic) bond motifs is 1. The molecular formula is C20H23N3O2. The van der Waals surface area contributed by atoms with E-state index in [1.165, 1.54) is 11.1 Å². The molecule has 0 saturated carbocycles. The van der Waals surface area contributed by atoms with E-state index < -0.39 is 0 Å². The van der Waals surface area contributed by atoms with E-state index in [0.717, 1.165) is 16.5 Å². The van der Waals surface area contributed by atoms with Gasteiger partial charge in [-0.05, 0) is 36.1 Å². The van der Waals surface area contributed by atoms with Crippen LogP contribution >= 0.6 is 0 Å². The third-order valence-corrected chi connectivity index (χ3v) is 4.35. The summed E-state index contributed by atoms with van der Waals surface area (Å²) >= 11 is 0. The maximum Gasteiger partial charge on any atom is 0.227 e. The van der Waals surface area contributed by atoms with Crippen molar-refractivity contribution in [2.24, 2.45) is 0 Å². The molecule has 1 aromatic heterocycles. The molecule has 0 spiro atoms. The van der Waals surface area contributed by atoms with E-state index in [1.54, 1.807) is 11.2 Å². The predicted molar refractivity (Wildman–Crippen MR) is 95.8 cm³/mol. The highest BCUT2D eigenvalue weighted by Crippen LogP contribution is 2.29. The van der Waals surface area contributed by atoms with E-state index in [-0.39, 0.29) is 25.2 Å². The van der Waals surface area contributed by atoms with Gasteiger partial charge in [0.25, 0.3) is 0 Å². The first kappa shape index (κ1) is 18.5. The maximum atomic E-state index is 12.6. The van der Waals surface area contributed by atoms with Crippen molar-refractivity contribution < 1.29 is 9.21 Å². The van der Waals surface area contributed by atoms with Crippen molar-refractivity contribution in [3.05, 3.63) is 35.1 Å². The van der Waals surface area contributed by atoms with Crippen LogP contribution in [0.3, 0.4) is 0 Å². The molecule has 5 nitrogen and oxygen atoms in total. The normalized spacial score (nSPS) is 10.6. The molecule has 2 aromatic rings. The van der Waals surface area contributed by atoms with Crippen LogP contribution in [0.5, 0.6) is 0 Å². The number of aryl methyl sites for hydroxylation is 1. The summed E-state index contributed by atoms with van der Waals surface area (Å²) in [6, 6.07) is 8.22. The second-order valence-corrected chi connectivity index (χ2v) is 6.49. The number of benzene rings is 1. The van der Waals surface area contributed by atoms with E-state index in [4.69, 9.17) is 14.9 Å². The molecule has 130 valence electrons. The van der Waals surface area contributed by atoms with Gasteiger partial charge in [0.2, 0.25) is 5.91 Å². The van der Waals surface area contributed by atoms with Gasteiger partial charge in [0.05, 0.1) is 37.7 Å². The van der Waals surface area contributed by atoms with E-state index in [1.807, 2.05) is 18.2 Å². The Hall–Kier alpha value is -2.79. The molecule has 0 aliphatic rings. The van der Waals surface area contributed by atoms with Gasteiger partial charge in [-0.3, -0.25) is 4.79 Å². The number of nitriles is 2. The Morgan fingerprint density at radius 1 is 1.20 bits per heavy atom. The summed E-state index contributed by atoms with van der Waals surface area (Å²) in [4.78, 5) is 14.2. The molecule has 0 saturated heterocycles. The molecule has 0 N–H and O–H groups in total. The fourth-order valence-electron chi connectivity index (χ4n) is 3.01. The molecule has 0 atom stereocenters. The summed E-state index contributed by atoms with van der Waals surface area (Å²) in [7, 11) is 0. The van der Waals surface area contributed by atoms with Crippen LogP contribution in [-0.2, 0) is 11.2 Å². The lowest BCUT2D eigenvalue weighted by atomic mass is 9.95. The second-order valence-electron chi connectivity index (χ2n) is 6.49. The van der Waals surface area contributed by atoms with Crippen LogP contribution in [0.25, 0.3) is 11.0 Å². The van der Waals surface area contributed by atoms with Gasteiger partial charge in [-0.2, -0.15) is 10.5 Å². The predicted octanol–water partition coefficient (Wildman–Crippen LogP) is 4.06. The molecule has 0 fully saturated rings. The van der Waals surface area contributed by atoms with E-state index in [0.29, 0.717) is 19.0 Å². The topological polar surface area (TPSA) is 81.0 Å². The number of rotatable bonds is 7. The average Bonchev–Trinajstić information content (AvgIpc) is 2.95. The molecule has 1 heterocycles. The van der Waals surface area contributed by atoms with Crippen molar-refractivity contribution >= 4 is 16.9 Å². The first-order chi connectivity index (χ1) is 12.0. The molecular weight excluding hydrogens is 314 g/mol. The summed E-state index contributed by atoms with van der Waals surface area (Å²) in [5.41, 5.74) is 4.05. The number of hydrogen-bond donors (Lipinski definition) is 0. The monoisotopic (exact) mass is 337 g/mol. The summed E-state index contributed by atoms with van der Waals surface area (Å²) < 4.78 is 5.63. The fraction of sp³-hybridized carbons (Fsp3) is 0.450. The Morgan fingerprint density at radius 2 is 1.84 bits per heavy atom. The zero-order chi connectivity index (χ0) is 18.4. The van der Waals surface area contributed by atoms with Gasteiger partial charge in [0.1, 0.15) is 5.58 Å². The average molecular weight is 337 g/mol. The standard InChI is InChI=1S/C20H23N3O2/c1-14(2)17-12-18-16(13-25-19(18)10-15(17)3)11-20(24)23(8-4-6-21)9-5-7-22/h10,12-14H,4-5,8-9,11H2,1-3H3. The molecule has 0 unspecified atom stereocenters. The van der Waals surface area contributed by atoms with Crippen LogP contribution in [0.1, 0.15) is 49.3 Å². The number of hydrogen-bond acceptors (Lipinski definition) is 4. The SMILES string of the molecule is Cc1cc2occ(CC(=O)N(CCC#N)CCC#N)c2cc1C(C)C. The molecule has 5 heteroatoms. The van der Waals surface area contributed by atoms with Gasteiger partial charge in [-0.25, -0.2) is 0 Å². The van der Waals surface area contributed by atoms with Gasteiger partial charge < -0.3 is 9.32 Å². The van der Waals surface area contributed by atoms with Crippen molar-refractivity contribution in [2.45, 2.75) is 46.0 Å². The van der Waals surface area contributed by atoms with Crippen LogP contribution < -0.4 is 0 Å². The van der Waals surface area contributed by atoms with Gasteiger partial charge in [-0.1, -0.05) is 13.8 Å². The number of carbonyl (C=O) groups excluding carboxylic acids is 1. The molecule has 25 heavy (non-hydrogen) atoms. The fourth-order valence-corrected chi connectivity index (χ4v) is 3.01. The minimum Gasteiger partial charge on any atom is -0.464 e. The van der Waals surface area contributed by atoms with Gasteiger partial charge >= 0.3 is 0 Å². The highest BCUT2D eigenvalue weighted by atomic mass is 16.3. The third kappa shape index (κ3) is 4.39. The quantitative estimate of drug-likeness (QED) is 0.763. The second kappa shape index (κ2) is 8.35. The van der Waals surface area contributed by atoms with Crippen molar-refractivity contribution in [2.75, 3.05) is 13.1 Å². The van der Waals surface area contributed by atoms with Gasteiger partial charge in [0.15, 0.2) is 0 Å². The largest absolute Gasteiger partial charge is 0.464 e. The lowest BCUT2D eigenvalue weighted by Gasteiger charge is -2.20. The Labute approximate surface area is 148 Å². The molecule has 0 radical (unpaired) electrons. The first-order valence-corrected chi connectivity index (χ1v) is 8.50. The van der Waals surface area contributed by atoms with Crippen molar-refractivity contribution in [3.8, 4) is 12.1 Å². The third-order valence-electron chi connectivity index (χ3n) is 4.35. The maximum absolute atomic E-state index is 12.6. The lowest BCUT2D eigenvalue weighted by Crippen LogP contribution is -2.33. The number of nitrogens with zero attached hydrogens (tertiary/aromatic N) is 3. The minimum atomic E-state index is -0.0835. The molecule has 1 aromatic carbocycles. The summed E-state index contributed by atoms with van der Waals surface area (Å²) in [5.74, 6) is 0.311. The zero-order valence-corrected chi connectivity index (χ0v) is 15.0. The van der Waals surface area contributed by atoms with Crippen LogP contribution in [0.15, 0.2) is 22.8 Å². The molecule has 0 bridgehead atoms. The highest BCUT2D eigenvalue weighted by molar-refractivity contribution is 5.88. The van der Waals surface area contributed by atoms with Gasteiger partial charge in [-0.15, -0.1) is 0 Å². The van der Waals surface area contributed by atoms with Crippen molar-refractivity contribution in [1.82, 2.24) is 4.90 Å². The number of furan rings is 1. The van der Waals surface area contributed by atoms with E-state index >= 15 is 0 Å². The van der Waals surface area contributed by atoms with Crippen LogP contribution in [0.2, 0.25) is 0 Å². The number of amides is 1. The van der Waals surface area contributed by atoms with Crippen molar-refractivity contribution in [1.29, 1.82) is 10.5 Å². The Morgan fingerprint density at radius 3 is 2.40 bits per heavy atom. The molecule has 0 aliphatic carbocycles. The summed E-state index contributed by atoms with van der Waals surface area (Å²) in [6.07, 6.45) is 2.38. The van der Waals surface area contributed by atoms with E-state index in [2.05, 4.69) is 26.8 Å². The lowest BCUT2D eigenvalue weighted by molar-refractivity contribution is -0.130. The first-order valence-electron chi connectivity index (χ1n) is 8.50. The van der Waals surface area contributed by atoms with E-state index in [9.17, 15) is 4.79 Å². The molecule has 1 amide bonds. The van der Waals surface area contributed by atoms with Gasteiger partial charge in [0, 0.05) is 24.0 Å². The molecule has 2 rings (SSSR count). The smallest absolute Gasteiger partial charge is 0.227 e. The summed E-state index contributed by atoms with van der Waals surface area (Å²) in [5, 5.41) is 18.5.